The lowest BCUT2D eigenvalue weighted by atomic mass is 10.1. The van der Waals surface area contributed by atoms with Crippen LogP contribution in [0.1, 0.15) is 42.6 Å². The van der Waals surface area contributed by atoms with Crippen molar-refractivity contribution in [3.63, 3.8) is 0 Å². The van der Waals surface area contributed by atoms with Gasteiger partial charge >= 0.3 is 0 Å². The summed E-state index contributed by atoms with van der Waals surface area (Å²) < 4.78 is 17.1. The molecule has 0 spiro atoms. The van der Waals surface area contributed by atoms with Gasteiger partial charge in [0.2, 0.25) is 0 Å². The number of nitrogens with zero attached hydrogens (tertiary/aromatic N) is 2. The Morgan fingerprint density at radius 2 is 1.88 bits per heavy atom. The molecule has 1 aliphatic carbocycles. The van der Waals surface area contributed by atoms with Gasteiger partial charge < -0.3 is 19.1 Å². The van der Waals surface area contributed by atoms with Crippen molar-refractivity contribution >= 4 is 11.6 Å². The first kappa shape index (κ1) is 22.6. The highest BCUT2D eigenvalue weighted by Crippen LogP contribution is 2.38. The van der Waals surface area contributed by atoms with Crippen LogP contribution in [0, 0.1) is 5.92 Å². The predicted octanol–water partition coefficient (Wildman–Crippen LogP) is 5.51. The van der Waals surface area contributed by atoms with Gasteiger partial charge in [0.1, 0.15) is 12.4 Å². The van der Waals surface area contributed by atoms with Gasteiger partial charge in [0.15, 0.2) is 11.5 Å². The molecule has 1 aliphatic rings. The van der Waals surface area contributed by atoms with Gasteiger partial charge in [0, 0.05) is 35.2 Å². The number of methoxy groups -OCH3 is 1. The van der Waals surface area contributed by atoms with Gasteiger partial charge in [-0.3, -0.25) is 9.78 Å². The van der Waals surface area contributed by atoms with Crippen LogP contribution >= 0.6 is 0 Å². The van der Waals surface area contributed by atoms with E-state index in [4.69, 9.17) is 14.2 Å². The number of rotatable bonds is 10. The zero-order chi connectivity index (χ0) is 23.2. The van der Waals surface area contributed by atoms with E-state index in [2.05, 4.69) is 11.9 Å². The van der Waals surface area contributed by atoms with Crippen LogP contribution in [0.2, 0.25) is 0 Å². The Balaban J connectivity index is 1.60. The second-order valence-electron chi connectivity index (χ2n) is 8.20. The van der Waals surface area contributed by atoms with Crippen LogP contribution < -0.4 is 19.1 Å². The third-order valence-corrected chi connectivity index (χ3v) is 5.89. The summed E-state index contributed by atoms with van der Waals surface area (Å²) in [5.41, 5.74) is 2.38. The summed E-state index contributed by atoms with van der Waals surface area (Å²) in [6.45, 7) is 4.88. The Morgan fingerprint density at radius 3 is 2.52 bits per heavy atom. The van der Waals surface area contributed by atoms with Crippen molar-refractivity contribution < 1.29 is 19.0 Å². The highest BCUT2D eigenvalue weighted by molar-refractivity contribution is 6.07. The summed E-state index contributed by atoms with van der Waals surface area (Å²) in [6, 6.07) is 17.0. The minimum absolute atomic E-state index is 0.0562. The van der Waals surface area contributed by atoms with E-state index in [-0.39, 0.29) is 11.9 Å². The minimum atomic E-state index is -0.0562. The fraction of sp³-hybridized carbons (Fsp3) is 0.333. The van der Waals surface area contributed by atoms with Gasteiger partial charge in [-0.05, 0) is 81.1 Å². The number of anilines is 1. The van der Waals surface area contributed by atoms with E-state index in [1.165, 1.54) is 0 Å². The topological polar surface area (TPSA) is 60.9 Å². The molecule has 172 valence electrons. The van der Waals surface area contributed by atoms with Gasteiger partial charge in [-0.25, -0.2) is 0 Å². The number of pyridine rings is 1. The van der Waals surface area contributed by atoms with Crippen molar-refractivity contribution in [1.29, 1.82) is 0 Å². The lowest BCUT2D eigenvalue weighted by molar-refractivity contribution is 0.0975. The normalized spacial score (nSPS) is 13.8. The average Bonchev–Trinajstić information content (AvgIpc) is 3.70. The molecule has 2 aromatic carbocycles. The molecule has 1 amide bonds. The summed E-state index contributed by atoms with van der Waals surface area (Å²) >= 11 is 0. The van der Waals surface area contributed by atoms with E-state index in [1.807, 2.05) is 54.3 Å². The van der Waals surface area contributed by atoms with Gasteiger partial charge in [-0.15, -0.1) is 0 Å². The second kappa shape index (κ2) is 10.4. The van der Waals surface area contributed by atoms with E-state index in [9.17, 15) is 4.79 Å². The number of carbonyl (C=O) groups is 1. The van der Waals surface area contributed by atoms with E-state index >= 15 is 0 Å². The molecule has 1 unspecified atom stereocenters. The van der Waals surface area contributed by atoms with Crippen molar-refractivity contribution in [3.05, 3.63) is 78.1 Å². The molecule has 6 nitrogen and oxygen atoms in total. The Hall–Kier alpha value is -3.54. The molecule has 0 radical (unpaired) electrons. The van der Waals surface area contributed by atoms with E-state index in [0.717, 1.165) is 29.8 Å². The molecule has 1 heterocycles. The smallest absolute Gasteiger partial charge is 0.258 e. The quantitative estimate of drug-likeness (QED) is 0.411. The fourth-order valence-electron chi connectivity index (χ4n) is 3.88. The molecule has 0 bridgehead atoms. The minimum Gasteiger partial charge on any atom is -0.497 e. The number of ether oxygens (including phenoxy) is 3. The third kappa shape index (κ3) is 5.45. The van der Waals surface area contributed by atoms with Crippen LogP contribution in [0.5, 0.6) is 17.2 Å². The first-order chi connectivity index (χ1) is 16.1. The summed E-state index contributed by atoms with van der Waals surface area (Å²) in [5, 5.41) is 0. The molecular weight excluding hydrogens is 416 g/mol. The second-order valence-corrected chi connectivity index (χ2v) is 8.20. The largest absolute Gasteiger partial charge is 0.497 e. The highest BCUT2D eigenvalue weighted by Gasteiger charge is 2.35. The average molecular weight is 447 g/mol. The molecule has 0 N–H and O–H groups in total. The lowest BCUT2D eigenvalue weighted by Crippen LogP contribution is -2.40. The van der Waals surface area contributed by atoms with Gasteiger partial charge in [-0.2, -0.15) is 0 Å². The lowest BCUT2D eigenvalue weighted by Gasteiger charge is -2.30. The molecule has 1 aromatic heterocycles. The van der Waals surface area contributed by atoms with Crippen molar-refractivity contribution in [3.8, 4) is 17.2 Å². The summed E-state index contributed by atoms with van der Waals surface area (Å²) in [5.74, 6) is 2.38. The standard InChI is InChI=1S/C27H30N2O4/c1-4-32-26-16-22(9-14-25(26)33-18-20-6-5-15-28-17-20)27(30)29(19(2)21-7-8-21)23-10-12-24(31-3)13-11-23/h5-6,9-17,19,21H,4,7-8,18H2,1-3H3. The van der Waals surface area contributed by atoms with E-state index in [1.54, 1.807) is 31.6 Å². The maximum absolute atomic E-state index is 13.7. The first-order valence-corrected chi connectivity index (χ1v) is 11.4. The van der Waals surface area contributed by atoms with Crippen LogP contribution in [0.25, 0.3) is 0 Å². The highest BCUT2D eigenvalue weighted by atomic mass is 16.5. The van der Waals surface area contributed by atoms with Crippen LogP contribution in [-0.4, -0.2) is 30.6 Å². The van der Waals surface area contributed by atoms with Crippen LogP contribution in [0.15, 0.2) is 67.0 Å². The molecule has 1 atom stereocenters. The zero-order valence-electron chi connectivity index (χ0n) is 19.4. The Labute approximate surface area is 195 Å². The first-order valence-electron chi connectivity index (χ1n) is 11.4. The predicted molar refractivity (Wildman–Crippen MR) is 128 cm³/mol. The fourth-order valence-corrected chi connectivity index (χ4v) is 3.88. The monoisotopic (exact) mass is 446 g/mol. The zero-order valence-corrected chi connectivity index (χ0v) is 19.4. The van der Waals surface area contributed by atoms with Crippen molar-refractivity contribution in [2.45, 2.75) is 39.3 Å². The van der Waals surface area contributed by atoms with Crippen molar-refractivity contribution in [2.75, 3.05) is 18.6 Å². The van der Waals surface area contributed by atoms with Crippen molar-refractivity contribution in [1.82, 2.24) is 4.98 Å². The SMILES string of the molecule is CCOc1cc(C(=O)N(c2ccc(OC)cc2)C(C)C2CC2)ccc1OCc1cccnc1. The van der Waals surface area contributed by atoms with E-state index in [0.29, 0.717) is 36.2 Å². The number of amides is 1. The van der Waals surface area contributed by atoms with Crippen molar-refractivity contribution in [2.24, 2.45) is 5.92 Å². The number of aromatic nitrogens is 1. The van der Waals surface area contributed by atoms with Crippen LogP contribution in [0.4, 0.5) is 5.69 Å². The number of benzene rings is 2. The molecule has 1 saturated carbocycles. The Kier molecular flexibility index (Phi) is 7.13. The van der Waals surface area contributed by atoms with Gasteiger partial charge in [-0.1, -0.05) is 6.07 Å². The van der Waals surface area contributed by atoms with E-state index < -0.39 is 0 Å². The van der Waals surface area contributed by atoms with Crippen LogP contribution in [0.3, 0.4) is 0 Å². The molecule has 0 saturated heterocycles. The van der Waals surface area contributed by atoms with Gasteiger partial charge in [0.05, 0.1) is 13.7 Å². The Morgan fingerprint density at radius 1 is 1.09 bits per heavy atom. The van der Waals surface area contributed by atoms with Crippen LogP contribution in [-0.2, 0) is 6.61 Å². The molecule has 4 rings (SSSR count). The molecule has 1 fully saturated rings. The number of hydrogen-bond acceptors (Lipinski definition) is 5. The third-order valence-electron chi connectivity index (χ3n) is 5.89. The number of hydrogen-bond donors (Lipinski definition) is 0. The summed E-state index contributed by atoms with van der Waals surface area (Å²) in [6.07, 6.45) is 5.79. The molecular formula is C27H30N2O4. The molecule has 6 heteroatoms. The molecule has 3 aromatic rings. The number of carbonyl (C=O) groups excluding carboxylic acids is 1. The summed E-state index contributed by atoms with van der Waals surface area (Å²) in [4.78, 5) is 19.7. The van der Waals surface area contributed by atoms with Gasteiger partial charge in [0.25, 0.3) is 5.91 Å². The maximum atomic E-state index is 13.7. The molecule has 0 aliphatic heterocycles. The molecule has 33 heavy (non-hydrogen) atoms. The Bertz CT molecular complexity index is 1070. The summed E-state index contributed by atoms with van der Waals surface area (Å²) in [7, 11) is 1.64. The maximum Gasteiger partial charge on any atom is 0.258 e.